The van der Waals surface area contributed by atoms with Crippen LogP contribution in [0.4, 0.5) is 0 Å². The van der Waals surface area contributed by atoms with Crippen LogP contribution in [0.25, 0.3) is 0 Å². The fourth-order valence-corrected chi connectivity index (χ4v) is 3.50. The summed E-state index contributed by atoms with van der Waals surface area (Å²) in [5, 5.41) is 0. The van der Waals surface area contributed by atoms with E-state index in [0.717, 1.165) is 51.1 Å². The smallest absolute Gasteiger partial charge is 0.222 e. The second-order valence-electron chi connectivity index (χ2n) is 8.24. The van der Waals surface area contributed by atoms with E-state index in [1.165, 1.54) is 57.8 Å². The number of hydrogen-bond acceptors (Lipinski definition) is 1. The van der Waals surface area contributed by atoms with Gasteiger partial charge in [-0.05, 0) is 57.3 Å². The lowest BCUT2D eigenvalue weighted by molar-refractivity contribution is -0.130. The highest BCUT2D eigenvalue weighted by atomic mass is 16.2. The van der Waals surface area contributed by atoms with E-state index in [-0.39, 0.29) is 0 Å². The minimum absolute atomic E-state index is 0.360. The third-order valence-electron chi connectivity index (χ3n) is 5.21. The summed E-state index contributed by atoms with van der Waals surface area (Å²) in [6.07, 6.45) is 26.2. The highest BCUT2D eigenvalue weighted by Gasteiger charge is 2.16. The molecule has 1 fully saturated rings. The van der Waals surface area contributed by atoms with Gasteiger partial charge in [0, 0.05) is 19.5 Å². The zero-order valence-corrected chi connectivity index (χ0v) is 17.6. The average Bonchev–Trinajstić information content (AvgIpc) is 3.15. The van der Waals surface area contributed by atoms with Crippen LogP contribution >= 0.6 is 0 Å². The summed E-state index contributed by atoms with van der Waals surface area (Å²) in [6, 6.07) is 0. The molecule has 0 N–H and O–H groups in total. The Bertz CT molecular complexity index is 391. The van der Waals surface area contributed by atoms with Crippen LogP contribution in [0.2, 0.25) is 0 Å². The van der Waals surface area contributed by atoms with E-state index in [1.54, 1.807) is 0 Å². The minimum atomic E-state index is 0.360. The van der Waals surface area contributed by atoms with Gasteiger partial charge in [0.2, 0.25) is 5.91 Å². The molecule has 1 rings (SSSR count). The van der Waals surface area contributed by atoms with Crippen molar-refractivity contribution in [3.05, 3.63) is 24.3 Å². The molecule has 0 spiro atoms. The Morgan fingerprint density at radius 2 is 1.31 bits per heavy atom. The Hall–Kier alpha value is -1.05. The maximum Gasteiger partial charge on any atom is 0.222 e. The number of hydrogen-bond donors (Lipinski definition) is 0. The number of amides is 1. The molecule has 1 aliphatic rings. The molecule has 0 atom stereocenters. The fraction of sp³-hybridized carbons (Fsp3) is 0.792. The summed E-state index contributed by atoms with van der Waals surface area (Å²) in [5.41, 5.74) is 0. The molecule has 1 saturated heterocycles. The van der Waals surface area contributed by atoms with Crippen molar-refractivity contribution in [2.75, 3.05) is 13.1 Å². The first-order valence-corrected chi connectivity index (χ1v) is 11.3. The molecule has 0 aromatic carbocycles. The van der Waals surface area contributed by atoms with Gasteiger partial charge in [-0.15, -0.1) is 0 Å². The highest BCUT2D eigenvalue weighted by Crippen LogP contribution is 2.12. The number of carbonyl (C=O) groups is 1. The molecular formula is C24H43NO. The van der Waals surface area contributed by atoms with Crippen LogP contribution in [-0.2, 0) is 4.79 Å². The average molecular weight is 362 g/mol. The lowest BCUT2D eigenvalue weighted by Crippen LogP contribution is -2.27. The number of nitrogens with zero attached hydrogens (tertiary/aromatic N) is 1. The van der Waals surface area contributed by atoms with Crippen LogP contribution in [0.1, 0.15) is 104 Å². The monoisotopic (exact) mass is 361 g/mol. The molecule has 0 aromatic heterocycles. The molecule has 0 unspecified atom stereocenters. The predicted octanol–water partition coefficient (Wildman–Crippen LogP) is 7.06. The van der Waals surface area contributed by atoms with E-state index >= 15 is 0 Å². The van der Waals surface area contributed by atoms with Gasteiger partial charge < -0.3 is 4.90 Å². The number of unbranched alkanes of at least 4 members (excludes halogenated alkanes) is 7. The normalized spacial score (nSPS) is 15.1. The number of rotatable bonds is 15. The Balaban J connectivity index is 1.82. The van der Waals surface area contributed by atoms with Gasteiger partial charge in [0.15, 0.2) is 0 Å². The highest BCUT2D eigenvalue weighted by molar-refractivity contribution is 5.76. The molecule has 1 heterocycles. The lowest BCUT2D eigenvalue weighted by atomic mass is 10.0. The molecular weight excluding hydrogens is 318 g/mol. The van der Waals surface area contributed by atoms with Crippen molar-refractivity contribution in [3.8, 4) is 0 Å². The summed E-state index contributed by atoms with van der Waals surface area (Å²) in [7, 11) is 0. The van der Waals surface area contributed by atoms with E-state index in [2.05, 4.69) is 38.2 Å². The third kappa shape index (κ3) is 13.2. The topological polar surface area (TPSA) is 20.3 Å². The summed E-state index contributed by atoms with van der Waals surface area (Å²) >= 11 is 0. The maximum atomic E-state index is 11.9. The van der Waals surface area contributed by atoms with Gasteiger partial charge >= 0.3 is 0 Å². The largest absolute Gasteiger partial charge is 0.343 e. The van der Waals surface area contributed by atoms with Crippen LogP contribution in [0.3, 0.4) is 0 Å². The summed E-state index contributed by atoms with van der Waals surface area (Å²) in [4.78, 5) is 13.9. The second kappa shape index (κ2) is 16.1. The molecule has 1 aliphatic heterocycles. The molecule has 1 amide bonds. The van der Waals surface area contributed by atoms with Gasteiger partial charge in [-0.1, -0.05) is 70.3 Å². The van der Waals surface area contributed by atoms with Gasteiger partial charge in [0.1, 0.15) is 0 Å². The van der Waals surface area contributed by atoms with E-state index < -0.39 is 0 Å². The fourth-order valence-electron chi connectivity index (χ4n) is 3.50. The van der Waals surface area contributed by atoms with Crippen molar-refractivity contribution >= 4 is 5.91 Å². The van der Waals surface area contributed by atoms with Crippen LogP contribution in [0.5, 0.6) is 0 Å². The van der Waals surface area contributed by atoms with Crippen molar-refractivity contribution in [2.45, 2.75) is 104 Å². The van der Waals surface area contributed by atoms with Crippen molar-refractivity contribution in [1.29, 1.82) is 0 Å². The van der Waals surface area contributed by atoms with Crippen LogP contribution in [0, 0.1) is 5.92 Å². The van der Waals surface area contributed by atoms with Gasteiger partial charge in [0.05, 0.1) is 0 Å². The molecule has 26 heavy (non-hydrogen) atoms. The lowest BCUT2D eigenvalue weighted by Gasteiger charge is -2.14. The molecule has 2 heteroatoms. The first-order valence-electron chi connectivity index (χ1n) is 11.3. The van der Waals surface area contributed by atoms with Crippen LogP contribution < -0.4 is 0 Å². The zero-order chi connectivity index (χ0) is 18.9. The molecule has 0 saturated carbocycles. The van der Waals surface area contributed by atoms with E-state index in [4.69, 9.17) is 0 Å². The Labute approximate surface area is 163 Å². The predicted molar refractivity (Wildman–Crippen MR) is 114 cm³/mol. The van der Waals surface area contributed by atoms with E-state index in [9.17, 15) is 4.79 Å². The molecule has 0 aromatic rings. The van der Waals surface area contributed by atoms with Gasteiger partial charge in [-0.25, -0.2) is 0 Å². The summed E-state index contributed by atoms with van der Waals surface area (Å²) in [6.45, 7) is 6.60. The number of allylic oxidation sites excluding steroid dienone is 4. The van der Waals surface area contributed by atoms with Crippen molar-refractivity contribution in [1.82, 2.24) is 4.90 Å². The van der Waals surface area contributed by atoms with Crippen molar-refractivity contribution < 1.29 is 4.79 Å². The van der Waals surface area contributed by atoms with Gasteiger partial charge in [0.25, 0.3) is 0 Å². The van der Waals surface area contributed by atoms with Crippen LogP contribution in [-0.4, -0.2) is 23.9 Å². The van der Waals surface area contributed by atoms with Crippen LogP contribution in [0.15, 0.2) is 24.3 Å². The van der Waals surface area contributed by atoms with Gasteiger partial charge in [-0.3, -0.25) is 4.79 Å². The van der Waals surface area contributed by atoms with E-state index in [0.29, 0.717) is 5.91 Å². The standard InChI is InChI=1S/C24H43NO/c1-23(2)19-15-13-11-9-7-5-3-4-6-8-10-12-14-16-20-24(26)25-21-17-18-22-25/h3-4,10,12,23H,5-9,11,13-22H2,1-2H3. The summed E-state index contributed by atoms with van der Waals surface area (Å²) < 4.78 is 0. The SMILES string of the molecule is CC(C)CCCCCCCC=CCCC=CCCCC(=O)N1CCCC1. The number of carbonyl (C=O) groups excluding carboxylic acids is 1. The van der Waals surface area contributed by atoms with Crippen molar-refractivity contribution in [2.24, 2.45) is 5.92 Å². The molecule has 2 nitrogen and oxygen atoms in total. The Morgan fingerprint density at radius 3 is 1.96 bits per heavy atom. The molecule has 0 aliphatic carbocycles. The zero-order valence-electron chi connectivity index (χ0n) is 17.6. The first kappa shape index (κ1) is 23.0. The van der Waals surface area contributed by atoms with E-state index in [1.807, 2.05) is 4.90 Å². The third-order valence-corrected chi connectivity index (χ3v) is 5.21. The Morgan fingerprint density at radius 1 is 0.769 bits per heavy atom. The first-order chi connectivity index (χ1) is 12.7. The summed E-state index contributed by atoms with van der Waals surface area (Å²) in [5.74, 6) is 1.23. The molecule has 150 valence electrons. The second-order valence-corrected chi connectivity index (χ2v) is 8.24. The number of likely N-dealkylation sites (tertiary alicyclic amines) is 1. The van der Waals surface area contributed by atoms with Gasteiger partial charge in [-0.2, -0.15) is 0 Å². The molecule has 0 radical (unpaired) electrons. The maximum absolute atomic E-state index is 11.9. The van der Waals surface area contributed by atoms with Crippen molar-refractivity contribution in [3.63, 3.8) is 0 Å². The quantitative estimate of drug-likeness (QED) is 0.226. The molecule has 0 bridgehead atoms. The minimum Gasteiger partial charge on any atom is -0.343 e. The Kier molecular flexibility index (Phi) is 14.3.